The number of benzene rings is 2. The van der Waals surface area contributed by atoms with Crippen molar-refractivity contribution in [1.29, 1.82) is 0 Å². The highest BCUT2D eigenvalue weighted by Crippen LogP contribution is 2.53. The van der Waals surface area contributed by atoms with Crippen molar-refractivity contribution in [2.75, 3.05) is 26.4 Å². The van der Waals surface area contributed by atoms with E-state index in [9.17, 15) is 20.4 Å². The average Bonchev–Trinajstić information content (AvgIpc) is 3.52. The molecule has 0 spiro atoms. The van der Waals surface area contributed by atoms with Gasteiger partial charge in [-0.1, -0.05) is 60.7 Å². The molecule has 4 fully saturated rings. The van der Waals surface area contributed by atoms with Gasteiger partial charge in [0.25, 0.3) is 0 Å². The molecule has 4 aliphatic rings. The highest BCUT2D eigenvalue weighted by molar-refractivity contribution is 5.26. The Hall–Kier alpha value is -1.92. The van der Waals surface area contributed by atoms with Crippen LogP contribution in [0.25, 0.3) is 0 Å². The Morgan fingerprint density at radius 3 is 1.49 bits per heavy atom. The highest BCUT2D eigenvalue weighted by Gasteiger charge is 2.75. The van der Waals surface area contributed by atoms with Gasteiger partial charge in [-0.3, -0.25) is 0 Å². The third-order valence-electron chi connectivity index (χ3n) is 7.84. The van der Waals surface area contributed by atoms with E-state index in [1.165, 1.54) is 0 Å². The van der Waals surface area contributed by atoms with Crippen LogP contribution in [-0.4, -0.2) is 94.0 Å². The lowest BCUT2D eigenvalue weighted by Gasteiger charge is -2.47. The first-order chi connectivity index (χ1) is 16.8. The minimum Gasteiger partial charge on any atom is -0.388 e. The molecule has 0 aliphatic carbocycles. The van der Waals surface area contributed by atoms with Crippen molar-refractivity contribution < 1.29 is 44.1 Å². The summed E-state index contributed by atoms with van der Waals surface area (Å²) in [6.07, 6.45) is -3.31. The molecule has 0 radical (unpaired) electrons. The second-order valence-corrected chi connectivity index (χ2v) is 9.99. The monoisotopic (exact) mass is 486 g/mol. The first kappa shape index (κ1) is 23.5. The summed E-state index contributed by atoms with van der Waals surface area (Å²) in [6.45, 7) is -0.771. The van der Waals surface area contributed by atoms with E-state index in [0.717, 1.165) is 11.1 Å². The molecule has 6 rings (SSSR count). The zero-order valence-electron chi connectivity index (χ0n) is 19.2. The first-order valence-electron chi connectivity index (χ1n) is 11.9. The van der Waals surface area contributed by atoms with Crippen molar-refractivity contribution in [2.45, 2.75) is 60.0 Å². The Bertz CT molecular complexity index is 970. The van der Waals surface area contributed by atoms with Gasteiger partial charge in [0.05, 0.1) is 13.2 Å². The van der Waals surface area contributed by atoms with Crippen molar-refractivity contribution in [2.24, 2.45) is 0 Å². The minimum atomic E-state index is -2.14. The Labute approximate surface area is 202 Å². The Morgan fingerprint density at radius 1 is 0.686 bits per heavy atom. The number of ether oxygens (including phenoxy) is 5. The maximum Gasteiger partial charge on any atom is 0.225 e. The third kappa shape index (κ3) is 3.42. The molecular formula is C26H30O9. The Balaban J connectivity index is 1.38. The Kier molecular flexibility index (Phi) is 5.57. The van der Waals surface area contributed by atoms with Crippen LogP contribution in [-0.2, 0) is 36.5 Å². The third-order valence-corrected chi connectivity index (χ3v) is 7.84. The smallest absolute Gasteiger partial charge is 0.225 e. The molecular weight excluding hydrogens is 456 g/mol. The fourth-order valence-electron chi connectivity index (χ4n) is 6.13. The summed E-state index contributed by atoms with van der Waals surface area (Å²) < 4.78 is 30.0. The van der Waals surface area contributed by atoms with Crippen LogP contribution in [0, 0.1) is 0 Å². The lowest BCUT2D eigenvalue weighted by Crippen LogP contribution is -2.68. The van der Waals surface area contributed by atoms with Gasteiger partial charge in [0.2, 0.25) is 11.6 Å². The van der Waals surface area contributed by atoms with Gasteiger partial charge in [0.15, 0.2) is 11.2 Å². The van der Waals surface area contributed by atoms with Crippen molar-refractivity contribution in [3.8, 4) is 0 Å². The van der Waals surface area contributed by atoms with E-state index in [0.29, 0.717) is 0 Å². The molecule has 4 heterocycles. The maximum absolute atomic E-state index is 12.0. The van der Waals surface area contributed by atoms with Crippen LogP contribution in [0.3, 0.4) is 0 Å². The van der Waals surface area contributed by atoms with Gasteiger partial charge in [-0.05, 0) is 11.1 Å². The molecule has 9 heteroatoms. The van der Waals surface area contributed by atoms with Crippen LogP contribution in [0.4, 0.5) is 0 Å². The quantitative estimate of drug-likeness (QED) is 0.415. The molecule has 4 saturated heterocycles. The molecule has 35 heavy (non-hydrogen) atoms. The van der Waals surface area contributed by atoms with Gasteiger partial charge >= 0.3 is 0 Å². The Morgan fingerprint density at radius 2 is 1.09 bits per heavy atom. The van der Waals surface area contributed by atoms with E-state index in [4.69, 9.17) is 23.7 Å². The molecule has 0 unspecified atom stereocenters. The number of hydrogen-bond acceptors (Lipinski definition) is 9. The van der Waals surface area contributed by atoms with E-state index in [1.54, 1.807) is 0 Å². The first-order valence-corrected chi connectivity index (χ1v) is 11.9. The van der Waals surface area contributed by atoms with Crippen LogP contribution in [0.5, 0.6) is 0 Å². The summed E-state index contributed by atoms with van der Waals surface area (Å²) in [7, 11) is 0. The number of rotatable bonds is 6. The lowest BCUT2D eigenvalue weighted by atomic mass is 9.80. The average molecular weight is 487 g/mol. The van der Waals surface area contributed by atoms with Gasteiger partial charge < -0.3 is 44.1 Å². The van der Waals surface area contributed by atoms with Gasteiger partial charge in [-0.15, -0.1) is 0 Å². The molecule has 4 aliphatic heterocycles. The molecule has 9 nitrogen and oxygen atoms in total. The SMILES string of the molecule is O[C@@H]1CO[C@@]2(Cc3ccccc3)[C@@H]1OC[C@]2(O)O[C@@]1(O)CO[C@@H]2[C@H](O)CO[C@@]21Cc1ccccc1. The van der Waals surface area contributed by atoms with Gasteiger partial charge in [0, 0.05) is 12.8 Å². The van der Waals surface area contributed by atoms with Crippen LogP contribution in [0.2, 0.25) is 0 Å². The summed E-state index contributed by atoms with van der Waals surface area (Å²) in [6, 6.07) is 18.8. The van der Waals surface area contributed by atoms with Crippen LogP contribution in [0.15, 0.2) is 60.7 Å². The minimum absolute atomic E-state index is 0.0505. The van der Waals surface area contributed by atoms with E-state index >= 15 is 0 Å². The molecule has 2 aromatic carbocycles. The highest BCUT2D eigenvalue weighted by atomic mass is 16.8. The van der Waals surface area contributed by atoms with E-state index in [1.807, 2.05) is 60.7 Å². The molecule has 188 valence electrons. The normalized spacial score (nSPS) is 44.5. The topological polar surface area (TPSA) is 127 Å². The van der Waals surface area contributed by atoms with E-state index < -0.39 is 47.2 Å². The second-order valence-electron chi connectivity index (χ2n) is 9.99. The molecule has 0 bridgehead atoms. The molecule has 4 N–H and O–H groups in total. The number of fused-ring (bicyclic) bond motifs is 2. The summed E-state index contributed by atoms with van der Waals surface area (Å²) in [5, 5.41) is 45.1. The van der Waals surface area contributed by atoms with Crippen LogP contribution >= 0.6 is 0 Å². The fourth-order valence-corrected chi connectivity index (χ4v) is 6.13. The van der Waals surface area contributed by atoms with Gasteiger partial charge in [0.1, 0.15) is 37.6 Å². The standard InChI is InChI=1S/C26H30O9/c27-19-13-33-23(11-17-7-3-1-4-8-17)21(19)31-15-25(23,29)35-26(30)16-32-22-20(28)14-34-24(22,26)12-18-9-5-2-6-10-18/h1-10,19-22,27-30H,11-16H2/t19-,20-,21-,22-,23+,24+,25+,26+/m1/s1. The van der Waals surface area contributed by atoms with Crippen molar-refractivity contribution in [1.82, 2.24) is 0 Å². The molecule has 0 saturated carbocycles. The predicted octanol–water partition coefficient (Wildman–Crippen LogP) is -0.0770. The van der Waals surface area contributed by atoms with Crippen molar-refractivity contribution >= 4 is 0 Å². The summed E-state index contributed by atoms with van der Waals surface area (Å²) in [4.78, 5) is 0. The molecule has 0 amide bonds. The largest absolute Gasteiger partial charge is 0.388 e. The van der Waals surface area contributed by atoms with Crippen molar-refractivity contribution in [3.05, 3.63) is 71.8 Å². The number of aliphatic hydroxyl groups excluding tert-OH is 2. The summed E-state index contributed by atoms with van der Waals surface area (Å²) in [5.41, 5.74) is -1.27. The van der Waals surface area contributed by atoms with Crippen LogP contribution < -0.4 is 0 Å². The van der Waals surface area contributed by atoms with Crippen LogP contribution in [0.1, 0.15) is 11.1 Å². The number of aliphatic hydroxyl groups is 4. The summed E-state index contributed by atoms with van der Waals surface area (Å²) in [5.74, 6) is -4.28. The van der Waals surface area contributed by atoms with E-state index in [2.05, 4.69) is 0 Å². The van der Waals surface area contributed by atoms with Gasteiger partial charge in [-0.25, -0.2) is 0 Å². The zero-order chi connectivity index (χ0) is 24.3. The van der Waals surface area contributed by atoms with Crippen molar-refractivity contribution in [3.63, 3.8) is 0 Å². The second kappa shape index (κ2) is 8.31. The lowest BCUT2D eigenvalue weighted by molar-refractivity contribution is -0.400. The molecule has 0 aromatic heterocycles. The fraction of sp³-hybridized carbons (Fsp3) is 0.538. The molecule has 2 aromatic rings. The number of hydrogen-bond donors (Lipinski definition) is 4. The van der Waals surface area contributed by atoms with E-state index in [-0.39, 0.29) is 39.3 Å². The molecule has 8 atom stereocenters. The zero-order valence-corrected chi connectivity index (χ0v) is 19.2. The maximum atomic E-state index is 12.0. The summed E-state index contributed by atoms with van der Waals surface area (Å²) >= 11 is 0. The van der Waals surface area contributed by atoms with Gasteiger partial charge in [-0.2, -0.15) is 0 Å². The predicted molar refractivity (Wildman–Crippen MR) is 120 cm³/mol.